The molecule has 1 aliphatic heterocycles. The Morgan fingerprint density at radius 2 is 2.29 bits per heavy atom. The van der Waals surface area contributed by atoms with Crippen LogP contribution in [-0.4, -0.2) is 35.9 Å². The van der Waals surface area contributed by atoms with Gasteiger partial charge in [-0.1, -0.05) is 0 Å². The first-order chi connectivity index (χ1) is 7.96. The minimum atomic E-state index is -2.91. The molecule has 2 rings (SSSR count). The maximum atomic E-state index is 11.5. The molecule has 1 fully saturated rings. The molecule has 0 spiro atoms. The Labute approximate surface area is 101 Å². The lowest BCUT2D eigenvalue weighted by molar-refractivity contribution is 0.561. The fraction of sp³-hybridized carbons (Fsp3) is 0.600. The predicted octanol–water partition coefficient (Wildman–Crippen LogP) is 0.356. The zero-order valence-electron chi connectivity index (χ0n) is 9.68. The molecule has 17 heavy (non-hydrogen) atoms. The van der Waals surface area contributed by atoms with Gasteiger partial charge in [-0.3, -0.25) is 0 Å². The zero-order chi connectivity index (χ0) is 12.5. The van der Waals surface area contributed by atoms with E-state index in [2.05, 4.69) is 15.3 Å². The van der Waals surface area contributed by atoms with Gasteiger partial charge >= 0.3 is 0 Å². The minimum Gasteiger partial charge on any atom is -0.396 e. The van der Waals surface area contributed by atoms with E-state index in [4.69, 9.17) is 5.73 Å². The number of sulfone groups is 1. The number of nitrogens with two attached hydrogens (primary N) is 1. The number of aromatic nitrogens is 2. The number of nitrogens with zero attached hydrogens (tertiary/aromatic N) is 2. The minimum absolute atomic E-state index is 0.100. The van der Waals surface area contributed by atoms with Gasteiger partial charge in [-0.15, -0.1) is 0 Å². The lowest BCUT2D eigenvalue weighted by atomic mass is 10.2. The summed E-state index contributed by atoms with van der Waals surface area (Å²) < 4.78 is 22.9. The molecule has 1 aromatic rings. The molecule has 1 aromatic heterocycles. The number of anilines is 2. The molecule has 1 aliphatic rings. The summed E-state index contributed by atoms with van der Waals surface area (Å²) in [4.78, 5) is 8.21. The summed E-state index contributed by atoms with van der Waals surface area (Å²) in [6.07, 6.45) is 3.04. The summed E-state index contributed by atoms with van der Waals surface area (Å²) in [5.41, 5.74) is 6.85. The van der Waals surface area contributed by atoms with E-state index >= 15 is 0 Å². The van der Waals surface area contributed by atoms with Crippen LogP contribution >= 0.6 is 0 Å². The maximum Gasteiger partial charge on any atom is 0.223 e. The molecular formula is C10H16N4O2S. The van der Waals surface area contributed by atoms with Crippen LogP contribution in [0.1, 0.15) is 18.5 Å². The topological polar surface area (TPSA) is 98.0 Å². The van der Waals surface area contributed by atoms with Gasteiger partial charge in [0.15, 0.2) is 9.84 Å². The number of aryl methyl sites for hydroxylation is 1. The van der Waals surface area contributed by atoms with E-state index in [0.717, 1.165) is 6.42 Å². The Bertz CT molecular complexity index is 515. The first kappa shape index (κ1) is 12.1. The Balaban J connectivity index is 2.08. The molecule has 0 saturated carbocycles. The maximum absolute atomic E-state index is 11.5. The first-order valence-electron chi connectivity index (χ1n) is 5.52. The van der Waals surface area contributed by atoms with Gasteiger partial charge in [-0.25, -0.2) is 18.4 Å². The van der Waals surface area contributed by atoms with Crippen molar-refractivity contribution in [2.45, 2.75) is 25.8 Å². The number of nitrogen functional groups attached to an aromatic ring is 1. The normalized spacial score (nSPS) is 23.2. The van der Waals surface area contributed by atoms with Crippen molar-refractivity contribution in [3.05, 3.63) is 11.9 Å². The molecule has 3 N–H and O–H groups in total. The molecule has 0 aromatic carbocycles. The standard InChI is InChI=1S/C10H16N4O2S/c1-7-9(11)5-12-10(13-7)14-8-3-2-4-17(15,16)6-8/h5,8H,2-4,6,11H2,1H3,(H,12,13,14). The SMILES string of the molecule is Cc1nc(NC2CCCS(=O)(=O)C2)ncc1N. The van der Waals surface area contributed by atoms with Gasteiger partial charge in [0.05, 0.1) is 29.1 Å². The second-order valence-corrected chi connectivity index (χ2v) is 6.56. The second kappa shape index (κ2) is 4.48. The van der Waals surface area contributed by atoms with Gasteiger partial charge in [-0.05, 0) is 19.8 Å². The van der Waals surface area contributed by atoms with Crippen molar-refractivity contribution < 1.29 is 8.42 Å². The van der Waals surface area contributed by atoms with Gasteiger partial charge in [-0.2, -0.15) is 0 Å². The van der Waals surface area contributed by atoms with Gasteiger partial charge in [0.2, 0.25) is 5.95 Å². The third kappa shape index (κ3) is 3.06. The molecule has 7 heteroatoms. The van der Waals surface area contributed by atoms with E-state index in [-0.39, 0.29) is 17.5 Å². The molecule has 0 aliphatic carbocycles. The van der Waals surface area contributed by atoms with Crippen molar-refractivity contribution in [2.75, 3.05) is 22.6 Å². The van der Waals surface area contributed by atoms with Crippen LogP contribution in [0.4, 0.5) is 11.6 Å². The highest BCUT2D eigenvalue weighted by atomic mass is 32.2. The average Bonchev–Trinajstić information content (AvgIpc) is 2.22. The average molecular weight is 256 g/mol. The van der Waals surface area contributed by atoms with Crippen molar-refractivity contribution in [3.63, 3.8) is 0 Å². The van der Waals surface area contributed by atoms with Gasteiger partial charge in [0.1, 0.15) is 0 Å². The van der Waals surface area contributed by atoms with Gasteiger partial charge < -0.3 is 11.1 Å². The van der Waals surface area contributed by atoms with Crippen molar-refractivity contribution >= 4 is 21.5 Å². The Kier molecular flexibility index (Phi) is 3.19. The van der Waals surface area contributed by atoms with Crippen LogP contribution in [0.2, 0.25) is 0 Å². The summed E-state index contributed by atoms with van der Waals surface area (Å²) in [5, 5.41) is 3.05. The molecule has 1 unspecified atom stereocenters. The van der Waals surface area contributed by atoms with E-state index in [1.807, 2.05) is 0 Å². The summed E-state index contributed by atoms with van der Waals surface area (Å²) in [6, 6.07) is -0.100. The van der Waals surface area contributed by atoms with Crippen molar-refractivity contribution in [3.8, 4) is 0 Å². The number of hydrogen-bond acceptors (Lipinski definition) is 6. The number of nitrogens with one attached hydrogen (secondary N) is 1. The molecule has 6 nitrogen and oxygen atoms in total. The highest BCUT2D eigenvalue weighted by Gasteiger charge is 2.25. The quantitative estimate of drug-likeness (QED) is 0.792. The molecule has 0 radical (unpaired) electrons. The Hall–Kier alpha value is -1.37. The van der Waals surface area contributed by atoms with E-state index in [0.29, 0.717) is 23.8 Å². The predicted molar refractivity (Wildman–Crippen MR) is 66.5 cm³/mol. The van der Waals surface area contributed by atoms with Crippen molar-refractivity contribution in [1.29, 1.82) is 0 Å². The Morgan fingerprint density at radius 1 is 1.53 bits per heavy atom. The largest absolute Gasteiger partial charge is 0.396 e. The zero-order valence-corrected chi connectivity index (χ0v) is 10.5. The third-order valence-electron chi connectivity index (χ3n) is 2.81. The monoisotopic (exact) mass is 256 g/mol. The van der Waals surface area contributed by atoms with Crippen LogP contribution < -0.4 is 11.1 Å². The molecule has 1 saturated heterocycles. The highest BCUT2D eigenvalue weighted by Crippen LogP contribution is 2.16. The molecule has 1 atom stereocenters. The van der Waals surface area contributed by atoms with Crippen LogP contribution in [0.15, 0.2) is 6.20 Å². The van der Waals surface area contributed by atoms with Crippen molar-refractivity contribution in [1.82, 2.24) is 9.97 Å². The molecule has 2 heterocycles. The third-order valence-corrected chi connectivity index (χ3v) is 4.63. The fourth-order valence-electron chi connectivity index (χ4n) is 1.87. The van der Waals surface area contributed by atoms with Gasteiger partial charge in [0, 0.05) is 6.04 Å². The smallest absolute Gasteiger partial charge is 0.223 e. The molecule has 94 valence electrons. The molecule has 0 bridgehead atoms. The van der Waals surface area contributed by atoms with Crippen LogP contribution in [-0.2, 0) is 9.84 Å². The lowest BCUT2D eigenvalue weighted by Gasteiger charge is -2.23. The van der Waals surface area contributed by atoms with Crippen LogP contribution in [0.25, 0.3) is 0 Å². The van der Waals surface area contributed by atoms with Crippen LogP contribution in [0, 0.1) is 6.92 Å². The van der Waals surface area contributed by atoms with Crippen molar-refractivity contribution in [2.24, 2.45) is 0 Å². The lowest BCUT2D eigenvalue weighted by Crippen LogP contribution is -2.35. The number of rotatable bonds is 2. The summed E-state index contributed by atoms with van der Waals surface area (Å²) in [7, 11) is -2.91. The molecular weight excluding hydrogens is 240 g/mol. The van der Waals surface area contributed by atoms with E-state index in [1.54, 1.807) is 6.92 Å². The number of hydrogen-bond donors (Lipinski definition) is 2. The van der Waals surface area contributed by atoms with E-state index in [9.17, 15) is 8.42 Å². The second-order valence-electron chi connectivity index (χ2n) is 4.33. The fourth-order valence-corrected chi connectivity index (χ4v) is 3.50. The van der Waals surface area contributed by atoms with E-state index < -0.39 is 9.84 Å². The summed E-state index contributed by atoms with van der Waals surface area (Å²) >= 11 is 0. The van der Waals surface area contributed by atoms with Gasteiger partial charge in [0.25, 0.3) is 0 Å². The van der Waals surface area contributed by atoms with Crippen LogP contribution in [0.5, 0.6) is 0 Å². The first-order valence-corrected chi connectivity index (χ1v) is 7.34. The summed E-state index contributed by atoms with van der Waals surface area (Å²) in [5.74, 6) is 0.880. The molecule has 0 amide bonds. The Morgan fingerprint density at radius 3 is 2.94 bits per heavy atom. The summed E-state index contributed by atoms with van der Waals surface area (Å²) in [6.45, 7) is 1.79. The van der Waals surface area contributed by atoms with E-state index in [1.165, 1.54) is 6.20 Å². The highest BCUT2D eigenvalue weighted by molar-refractivity contribution is 7.91. The van der Waals surface area contributed by atoms with Crippen LogP contribution in [0.3, 0.4) is 0 Å².